The second-order valence-corrected chi connectivity index (χ2v) is 31.2. The van der Waals surface area contributed by atoms with Gasteiger partial charge in [-0.25, -0.2) is 19.2 Å². The Balaban J connectivity index is 0.000000176. The zero-order valence-electron chi connectivity index (χ0n) is 62.9. The predicted octanol–water partition coefficient (Wildman–Crippen LogP) is 9.33. The molecule has 3 N–H and O–H groups in total. The van der Waals surface area contributed by atoms with Gasteiger partial charge in [0.1, 0.15) is 62.1 Å². The summed E-state index contributed by atoms with van der Waals surface area (Å²) in [5, 5.41) is 38.3. The van der Waals surface area contributed by atoms with E-state index in [-0.39, 0.29) is 76.1 Å². The van der Waals surface area contributed by atoms with Gasteiger partial charge < -0.3 is 82.1 Å². The number of hydrogen-bond acceptors (Lipinski definition) is 29. The Bertz CT molecular complexity index is 4830. The number of aromatic hydroxyl groups is 1. The number of likely N-dealkylation sites (N-methyl/N-ethyl adjacent to an activating group) is 2. The highest BCUT2D eigenvalue weighted by Gasteiger charge is 2.63. The Kier molecular flexibility index (Phi) is 21.3. The van der Waals surface area contributed by atoms with Crippen LogP contribution >= 0.6 is 23.5 Å². The molecule has 12 heterocycles. The number of nitrogens with zero attached hydrogens (tertiary/aromatic N) is 6. The number of alkyl carbamates (subject to hydrolysis) is 2. The molecule has 12 aliphatic rings. The lowest BCUT2D eigenvalue weighted by molar-refractivity contribution is -0.152. The first-order chi connectivity index (χ1) is 53.6. The number of aryl methyl sites for hydroxylation is 2. The number of carbonyl (C=O) groups is 6. The maximum absolute atomic E-state index is 13.9. The Morgan fingerprint density at radius 3 is 1.41 bits per heavy atom. The number of rotatable bonds is 13. The average molecular weight is 1560 g/mol. The maximum atomic E-state index is 13.9. The van der Waals surface area contributed by atoms with Gasteiger partial charge in [0.25, 0.3) is 0 Å². The van der Waals surface area contributed by atoms with Crippen LogP contribution in [-0.2, 0) is 68.9 Å². The van der Waals surface area contributed by atoms with Crippen molar-refractivity contribution >= 4 is 59.6 Å². The smallest absolute Gasteiger partial charge is 0.408 e. The van der Waals surface area contributed by atoms with Crippen LogP contribution in [0.2, 0.25) is 0 Å². The molecule has 582 valence electrons. The van der Waals surface area contributed by atoms with Crippen LogP contribution < -0.4 is 53.3 Å². The van der Waals surface area contributed by atoms with Gasteiger partial charge in [0.15, 0.2) is 52.8 Å². The van der Waals surface area contributed by atoms with E-state index < -0.39 is 107 Å². The van der Waals surface area contributed by atoms with Crippen LogP contribution in [0.3, 0.4) is 0 Å². The number of phenolic OH excluding ortho intramolecular Hbond substituents is 1. The summed E-state index contributed by atoms with van der Waals surface area (Å²) in [6, 6.07) is 20.0. The fourth-order valence-corrected chi connectivity index (χ4v) is 21.2. The van der Waals surface area contributed by atoms with Crippen molar-refractivity contribution < 1.29 is 100 Å². The summed E-state index contributed by atoms with van der Waals surface area (Å²) < 4.78 is 83.0. The van der Waals surface area contributed by atoms with Gasteiger partial charge in [-0.2, -0.15) is 10.5 Å². The van der Waals surface area contributed by atoms with Crippen LogP contribution in [0, 0.1) is 50.4 Å². The quantitative estimate of drug-likeness (QED) is 0.0419. The molecule has 31 heteroatoms. The molecule has 4 fully saturated rings. The molecule has 12 aliphatic heterocycles. The van der Waals surface area contributed by atoms with E-state index in [0.29, 0.717) is 104 Å². The summed E-state index contributed by atoms with van der Waals surface area (Å²) in [6.07, 6.45) is -0.570. The van der Waals surface area contributed by atoms with Gasteiger partial charge in [-0.1, -0.05) is 72.8 Å². The van der Waals surface area contributed by atoms with E-state index in [9.17, 15) is 44.4 Å². The summed E-state index contributed by atoms with van der Waals surface area (Å²) in [5.74, 6) is 1.47. The molecular weight excluding hydrogens is 1470 g/mol. The lowest BCUT2D eigenvalue weighted by atomic mass is 9.71. The second kappa shape index (κ2) is 31.1. The number of hydrogen-bond donors (Lipinski definition) is 3. The molecule has 8 bridgehead atoms. The number of esters is 4. The number of piperazine rings is 2. The molecule has 0 aromatic heterocycles. The van der Waals surface area contributed by atoms with E-state index in [1.165, 1.54) is 44.5 Å². The number of nitriles is 2. The van der Waals surface area contributed by atoms with E-state index in [2.05, 4.69) is 48.4 Å². The van der Waals surface area contributed by atoms with Crippen LogP contribution in [0.15, 0.2) is 72.8 Å². The van der Waals surface area contributed by atoms with Gasteiger partial charge in [-0.3, -0.25) is 29.2 Å². The number of thioether (sulfide) groups is 2. The number of benzene rings is 6. The highest BCUT2D eigenvalue weighted by Crippen LogP contribution is 2.67. The van der Waals surface area contributed by atoms with Gasteiger partial charge in [-0.15, -0.1) is 23.5 Å². The van der Waals surface area contributed by atoms with Crippen molar-refractivity contribution in [3.8, 4) is 69.6 Å². The van der Waals surface area contributed by atoms with Crippen molar-refractivity contribution in [2.75, 3.05) is 80.5 Å². The first-order valence-corrected chi connectivity index (χ1v) is 38.5. The predicted molar refractivity (Wildman–Crippen MR) is 398 cm³/mol. The standard InChI is InChI=1S/C41H44N4O11S.C39H40N4O10S/c1-20-12-24-13-26-27(14-42)45-28-16-51-40(47)25(43-41(48)52-15-23-10-8-7-9-11-23)17-57-39(31-30(28)38-36(54-19-55-38)21(2)35(31)56-22(3)46)33(45)32(44(26)4)29(24)37(34(20)50-6)53-18-49-5;1-18-11-22-12-24-25(13-40)43-26-15-49-38(46)23(41-39(47)50-14-21-9-7-6-8-10-21)16-54-37(31(43)30(42(24)4)27(22)32(45)33(18)48-5)29-28(26)36-35(51-17-52-36)19(2)34(29)53-20(3)44/h7-12,25-28,32-33,39H,13,15-19H2,1-6H3,(H,43,48);6-11,23-26,30-31,37,45H,12,14-17H2,1-5H3,(H,41,47)/t25-,26-,27-,28-,32+,33?,39+;23-,24-,25-,26-,30+,31?,37+/m00/s1. The third-order valence-electron chi connectivity index (χ3n) is 22.6. The maximum Gasteiger partial charge on any atom is 0.408 e. The third kappa shape index (κ3) is 13.3. The molecule has 0 spiro atoms. The van der Waals surface area contributed by atoms with Crippen molar-refractivity contribution in [1.29, 1.82) is 10.5 Å². The van der Waals surface area contributed by atoms with E-state index in [1.807, 2.05) is 102 Å². The molecule has 0 aliphatic carbocycles. The highest BCUT2D eigenvalue weighted by molar-refractivity contribution is 7.99. The molecule has 14 atom stereocenters. The van der Waals surface area contributed by atoms with E-state index >= 15 is 0 Å². The monoisotopic (exact) mass is 1560 g/mol. The Hall–Kier alpha value is -10.4. The van der Waals surface area contributed by atoms with Crippen LogP contribution in [0.1, 0.15) is 126 Å². The van der Waals surface area contributed by atoms with Crippen molar-refractivity contribution in [2.45, 2.75) is 151 Å². The fraction of sp³-hybridized carbons (Fsp3) is 0.450. The van der Waals surface area contributed by atoms with Crippen LogP contribution in [0.4, 0.5) is 9.59 Å². The number of carbonyl (C=O) groups excluding carboxylic acids is 6. The van der Waals surface area contributed by atoms with Crippen molar-refractivity contribution in [3.05, 3.63) is 151 Å². The number of methoxy groups -OCH3 is 3. The van der Waals surface area contributed by atoms with Crippen LogP contribution in [-0.4, -0.2) is 190 Å². The van der Waals surface area contributed by atoms with Crippen LogP contribution in [0.5, 0.6) is 57.5 Å². The molecule has 2 unspecified atom stereocenters. The number of nitrogens with one attached hydrogen (secondary N) is 2. The van der Waals surface area contributed by atoms with Gasteiger partial charge in [0.2, 0.25) is 13.6 Å². The molecule has 2 amide bonds. The minimum Gasteiger partial charge on any atom is -0.504 e. The first-order valence-electron chi connectivity index (χ1n) is 36.4. The first kappa shape index (κ1) is 76.0. The summed E-state index contributed by atoms with van der Waals surface area (Å²) in [7, 11) is 8.63. The molecular formula is C80H84N8O21S2. The molecule has 4 saturated heterocycles. The fourth-order valence-electron chi connectivity index (χ4n) is 18.2. The van der Waals surface area contributed by atoms with E-state index in [4.69, 9.17) is 66.3 Å². The molecule has 18 rings (SSSR count). The molecule has 6 aromatic rings. The summed E-state index contributed by atoms with van der Waals surface area (Å²) in [5.41, 5.74) is 10.4. The van der Waals surface area contributed by atoms with Gasteiger partial charge in [-0.05, 0) is 88.0 Å². The number of fused-ring (bicyclic) bond motifs is 20. The van der Waals surface area contributed by atoms with Crippen LogP contribution in [0.25, 0.3) is 0 Å². The number of phenols is 1. The largest absolute Gasteiger partial charge is 0.504 e. The zero-order valence-corrected chi connectivity index (χ0v) is 64.5. The molecule has 0 saturated carbocycles. The van der Waals surface area contributed by atoms with Gasteiger partial charge in [0.05, 0.1) is 61.0 Å². The summed E-state index contributed by atoms with van der Waals surface area (Å²) in [4.78, 5) is 88.4. The van der Waals surface area contributed by atoms with Crippen molar-refractivity contribution in [2.24, 2.45) is 0 Å². The topological polar surface area (TPSA) is 336 Å². The van der Waals surface area contributed by atoms with E-state index in [0.717, 1.165) is 38.9 Å². The molecule has 111 heavy (non-hydrogen) atoms. The minimum atomic E-state index is -1.11. The van der Waals surface area contributed by atoms with Crippen molar-refractivity contribution in [1.82, 2.24) is 30.2 Å². The third-order valence-corrected chi connectivity index (χ3v) is 25.4. The lowest BCUT2D eigenvalue weighted by Gasteiger charge is -2.61. The normalized spacial score (nSPS) is 26.2. The number of ether oxygens (including phenoxy) is 14. The second-order valence-electron chi connectivity index (χ2n) is 28.8. The minimum absolute atomic E-state index is 0.00542. The Morgan fingerprint density at radius 2 is 0.982 bits per heavy atom. The highest BCUT2D eigenvalue weighted by atomic mass is 32.2. The Morgan fingerprint density at radius 1 is 0.559 bits per heavy atom. The zero-order chi connectivity index (χ0) is 78.1. The van der Waals surface area contributed by atoms with Gasteiger partial charge >= 0.3 is 36.1 Å². The lowest BCUT2D eigenvalue weighted by Crippen LogP contribution is -2.69. The van der Waals surface area contributed by atoms with Gasteiger partial charge in [0, 0.05) is 101 Å². The molecule has 6 aromatic carbocycles. The van der Waals surface area contributed by atoms with E-state index in [1.54, 1.807) is 21.1 Å². The SMILES string of the molecule is COCOc1c(OC)c(C)cc2c1[C@@H]1C3[C@@H]4SC[C@H](NC(=O)OCc5ccccc5)C(=O)OC[C@@H](c5c6c(c(C)c(OC(C)=O)c54)OCO6)N3[C@@H](C#N)[C@H](C2)N1C.COc1c(C)cc2c(c1O)[C@@H]1C3[C@@H]4SC[C@H](NC(=O)OCc5ccccc5)C(=O)OC[C@@H](c5c6c(c(C)c(OC(C)=O)c54)OCO6)N3[C@@H](C#N)[C@H](C2)N1C. The Labute approximate surface area is 648 Å². The average Bonchev–Trinajstić information content (AvgIpc) is 1.45. The molecule has 29 nitrogen and oxygen atoms in total. The summed E-state index contributed by atoms with van der Waals surface area (Å²) in [6.45, 7) is 9.50. The summed E-state index contributed by atoms with van der Waals surface area (Å²) >= 11 is 2.74. The number of amides is 2. The van der Waals surface area contributed by atoms with Crippen molar-refractivity contribution in [3.63, 3.8) is 0 Å². The molecule has 0 radical (unpaired) electrons.